The number of hydrogen-bond donors (Lipinski definition) is 1. The summed E-state index contributed by atoms with van der Waals surface area (Å²) in [5.41, 5.74) is 0. The standard InChI is InChI=1S/C9H13NO5S/c1-13-7-4-5-9(8(6-7)14-2)16(11,12)10-15-3/h4-6,10H,1-3H3. The van der Waals surface area contributed by atoms with Crippen LogP contribution >= 0.6 is 0 Å². The van der Waals surface area contributed by atoms with Gasteiger partial charge in [-0.25, -0.2) is 8.42 Å². The zero-order chi connectivity index (χ0) is 12.2. The highest BCUT2D eigenvalue weighted by molar-refractivity contribution is 7.89. The second-order valence-electron chi connectivity index (χ2n) is 2.81. The second kappa shape index (κ2) is 5.15. The van der Waals surface area contributed by atoms with E-state index >= 15 is 0 Å². The van der Waals surface area contributed by atoms with Crippen LogP contribution in [0.2, 0.25) is 0 Å². The lowest BCUT2D eigenvalue weighted by Gasteiger charge is -2.10. The summed E-state index contributed by atoms with van der Waals surface area (Å²) in [6.45, 7) is 0. The van der Waals surface area contributed by atoms with Gasteiger partial charge in [0.25, 0.3) is 10.0 Å². The Labute approximate surface area is 94.1 Å². The molecular formula is C9H13NO5S. The zero-order valence-electron chi connectivity index (χ0n) is 9.18. The monoisotopic (exact) mass is 247 g/mol. The third kappa shape index (κ3) is 2.63. The van der Waals surface area contributed by atoms with Crippen molar-refractivity contribution < 1.29 is 22.7 Å². The Morgan fingerprint density at radius 2 is 1.81 bits per heavy atom. The zero-order valence-corrected chi connectivity index (χ0v) is 10.00. The average Bonchev–Trinajstić information content (AvgIpc) is 2.28. The molecule has 0 bridgehead atoms. The van der Waals surface area contributed by atoms with Crippen molar-refractivity contribution in [3.05, 3.63) is 18.2 Å². The van der Waals surface area contributed by atoms with Crippen LogP contribution in [0.25, 0.3) is 0 Å². The molecule has 0 amide bonds. The number of hydrogen-bond acceptors (Lipinski definition) is 5. The molecule has 0 unspecified atom stereocenters. The molecule has 0 aliphatic rings. The molecule has 0 saturated carbocycles. The van der Waals surface area contributed by atoms with E-state index in [0.717, 1.165) is 0 Å². The summed E-state index contributed by atoms with van der Waals surface area (Å²) in [5.74, 6) is 0.692. The minimum absolute atomic E-state index is 0.0161. The molecule has 0 atom stereocenters. The molecular weight excluding hydrogens is 234 g/mol. The highest BCUT2D eigenvalue weighted by atomic mass is 32.2. The smallest absolute Gasteiger partial charge is 0.266 e. The van der Waals surface area contributed by atoms with E-state index in [9.17, 15) is 8.42 Å². The van der Waals surface area contributed by atoms with Crippen molar-refractivity contribution in [1.29, 1.82) is 0 Å². The summed E-state index contributed by atoms with van der Waals surface area (Å²) in [6, 6.07) is 4.37. The van der Waals surface area contributed by atoms with Crippen molar-refractivity contribution in [2.45, 2.75) is 4.90 Å². The van der Waals surface area contributed by atoms with Crippen LogP contribution in [0, 0.1) is 0 Å². The number of nitrogens with one attached hydrogen (secondary N) is 1. The van der Waals surface area contributed by atoms with E-state index in [-0.39, 0.29) is 10.6 Å². The molecule has 0 aliphatic carbocycles. The van der Waals surface area contributed by atoms with E-state index in [1.165, 1.54) is 39.5 Å². The minimum Gasteiger partial charge on any atom is -0.497 e. The van der Waals surface area contributed by atoms with Gasteiger partial charge in [-0.05, 0) is 12.1 Å². The lowest BCUT2D eigenvalue weighted by molar-refractivity contribution is 0.153. The maximum absolute atomic E-state index is 11.7. The molecule has 1 aromatic rings. The molecule has 6 nitrogen and oxygen atoms in total. The van der Waals surface area contributed by atoms with Gasteiger partial charge in [0.05, 0.1) is 21.3 Å². The summed E-state index contributed by atoms with van der Waals surface area (Å²) >= 11 is 0. The molecule has 0 saturated heterocycles. The van der Waals surface area contributed by atoms with Gasteiger partial charge >= 0.3 is 0 Å². The lowest BCUT2D eigenvalue weighted by atomic mass is 10.3. The quantitative estimate of drug-likeness (QED) is 0.769. The van der Waals surface area contributed by atoms with Crippen LogP contribution in [-0.2, 0) is 14.9 Å². The van der Waals surface area contributed by atoms with Gasteiger partial charge in [-0.1, -0.05) is 4.89 Å². The van der Waals surface area contributed by atoms with E-state index < -0.39 is 10.0 Å². The van der Waals surface area contributed by atoms with Crippen LogP contribution in [-0.4, -0.2) is 29.7 Å². The molecule has 0 heterocycles. The van der Waals surface area contributed by atoms with Crippen LogP contribution in [0.3, 0.4) is 0 Å². The first-order valence-corrected chi connectivity index (χ1v) is 5.80. The summed E-state index contributed by atoms with van der Waals surface area (Å²) in [7, 11) is 0.343. The topological polar surface area (TPSA) is 73.9 Å². The average molecular weight is 247 g/mol. The Balaban J connectivity index is 3.24. The lowest BCUT2D eigenvalue weighted by Crippen LogP contribution is -2.22. The maximum Gasteiger partial charge on any atom is 0.266 e. The molecule has 90 valence electrons. The van der Waals surface area contributed by atoms with E-state index in [1.54, 1.807) is 0 Å². The second-order valence-corrected chi connectivity index (χ2v) is 4.42. The highest BCUT2D eigenvalue weighted by Crippen LogP contribution is 2.27. The van der Waals surface area contributed by atoms with Gasteiger partial charge in [0, 0.05) is 6.07 Å². The molecule has 0 fully saturated rings. The first kappa shape index (κ1) is 12.8. The molecule has 1 rings (SSSR count). The van der Waals surface area contributed by atoms with Gasteiger partial charge in [-0.2, -0.15) is 0 Å². The van der Waals surface area contributed by atoms with Gasteiger partial charge in [-0.3, -0.25) is 4.84 Å². The number of methoxy groups -OCH3 is 2. The van der Waals surface area contributed by atoms with Crippen LogP contribution in [0.5, 0.6) is 11.5 Å². The van der Waals surface area contributed by atoms with E-state index in [1.807, 2.05) is 4.89 Å². The van der Waals surface area contributed by atoms with E-state index in [0.29, 0.717) is 5.75 Å². The van der Waals surface area contributed by atoms with Crippen molar-refractivity contribution in [1.82, 2.24) is 4.89 Å². The number of ether oxygens (including phenoxy) is 2. The molecule has 0 radical (unpaired) electrons. The Bertz CT molecular complexity index is 457. The Kier molecular flexibility index (Phi) is 4.11. The first-order chi connectivity index (χ1) is 7.55. The maximum atomic E-state index is 11.7. The molecule has 1 aromatic carbocycles. The van der Waals surface area contributed by atoms with Crippen LogP contribution < -0.4 is 14.4 Å². The summed E-state index contributed by atoms with van der Waals surface area (Å²) < 4.78 is 33.2. The normalized spacial score (nSPS) is 11.2. The SMILES string of the molecule is CONS(=O)(=O)c1ccc(OC)cc1OC. The highest BCUT2D eigenvalue weighted by Gasteiger charge is 2.19. The molecule has 1 N–H and O–H groups in total. The fourth-order valence-electron chi connectivity index (χ4n) is 1.15. The van der Waals surface area contributed by atoms with E-state index in [2.05, 4.69) is 4.84 Å². The molecule has 0 aromatic heterocycles. The Hall–Kier alpha value is -1.31. The number of rotatable bonds is 5. The van der Waals surface area contributed by atoms with Gasteiger partial charge in [0.1, 0.15) is 16.4 Å². The van der Waals surface area contributed by atoms with Gasteiger partial charge in [-0.15, -0.1) is 0 Å². The van der Waals surface area contributed by atoms with Crippen LogP contribution in [0.4, 0.5) is 0 Å². The molecule has 16 heavy (non-hydrogen) atoms. The Morgan fingerprint density at radius 3 is 2.31 bits per heavy atom. The molecule has 7 heteroatoms. The van der Waals surface area contributed by atoms with Crippen LogP contribution in [0.15, 0.2) is 23.1 Å². The van der Waals surface area contributed by atoms with Crippen molar-refractivity contribution in [3.63, 3.8) is 0 Å². The predicted octanol–water partition coefficient (Wildman–Crippen LogP) is 0.543. The number of sulfonamides is 1. The third-order valence-corrected chi connectivity index (χ3v) is 3.16. The summed E-state index contributed by atoms with van der Waals surface area (Å²) in [6.07, 6.45) is 0. The fraction of sp³-hybridized carbons (Fsp3) is 0.333. The fourth-order valence-corrected chi connectivity index (χ4v) is 2.11. The summed E-state index contributed by atoms with van der Waals surface area (Å²) in [4.78, 5) is 6.28. The first-order valence-electron chi connectivity index (χ1n) is 4.32. The van der Waals surface area contributed by atoms with Crippen molar-refractivity contribution in [2.75, 3.05) is 21.3 Å². The summed E-state index contributed by atoms with van der Waals surface area (Å²) in [5, 5.41) is 0. The van der Waals surface area contributed by atoms with Crippen molar-refractivity contribution in [3.8, 4) is 11.5 Å². The van der Waals surface area contributed by atoms with Crippen molar-refractivity contribution >= 4 is 10.0 Å². The van der Waals surface area contributed by atoms with Crippen LogP contribution in [0.1, 0.15) is 0 Å². The third-order valence-electron chi connectivity index (χ3n) is 1.85. The van der Waals surface area contributed by atoms with Gasteiger partial charge in [0.15, 0.2) is 0 Å². The van der Waals surface area contributed by atoms with E-state index in [4.69, 9.17) is 9.47 Å². The van der Waals surface area contributed by atoms with Gasteiger partial charge < -0.3 is 9.47 Å². The minimum atomic E-state index is -3.73. The molecule has 0 aliphatic heterocycles. The van der Waals surface area contributed by atoms with Gasteiger partial charge in [0.2, 0.25) is 0 Å². The number of benzene rings is 1. The largest absolute Gasteiger partial charge is 0.497 e. The Morgan fingerprint density at radius 1 is 1.12 bits per heavy atom. The van der Waals surface area contributed by atoms with Crippen molar-refractivity contribution in [2.24, 2.45) is 0 Å². The molecule has 0 spiro atoms. The predicted molar refractivity (Wildman–Crippen MR) is 56.9 cm³/mol.